The summed E-state index contributed by atoms with van der Waals surface area (Å²) in [6.45, 7) is 0. The summed E-state index contributed by atoms with van der Waals surface area (Å²) < 4.78 is 1.15. The van der Waals surface area contributed by atoms with Gasteiger partial charge in [-0.2, -0.15) is 0 Å². The molecule has 0 aromatic carbocycles. The van der Waals surface area contributed by atoms with Gasteiger partial charge < -0.3 is 0 Å². The Kier molecular flexibility index (Phi) is 2.12. The minimum Gasteiger partial charge on any atom is -0.106 e. The molecule has 0 radical (unpaired) electrons. The first kappa shape index (κ1) is 5.86. The summed E-state index contributed by atoms with van der Waals surface area (Å²) in [5.41, 5.74) is 3.05. The Morgan fingerprint density at radius 1 is 1.25 bits per heavy atom. The maximum absolute atomic E-state index is 3.05. The van der Waals surface area contributed by atoms with Crippen LogP contribution in [-0.2, 0) is 0 Å². The highest BCUT2D eigenvalue weighted by Gasteiger charge is 1.77. The van der Waals surface area contributed by atoms with Crippen LogP contribution >= 0.6 is 22.6 Å². The third-order valence-corrected chi connectivity index (χ3v) is 1.45. The SMILES string of the molecule is IC1=C=CC=CC=C1. The minimum absolute atomic E-state index is 1.15. The van der Waals surface area contributed by atoms with Crippen LogP contribution in [0.15, 0.2) is 39.7 Å². The van der Waals surface area contributed by atoms with Crippen LogP contribution < -0.4 is 0 Å². The molecule has 0 aliphatic heterocycles. The van der Waals surface area contributed by atoms with E-state index in [4.69, 9.17) is 0 Å². The van der Waals surface area contributed by atoms with E-state index in [-0.39, 0.29) is 0 Å². The standard InChI is InChI=1S/C7H5I/c8-7-5-3-1-2-4-6-7/h1-5H. The first-order chi connectivity index (χ1) is 3.89. The molecule has 0 fully saturated rings. The van der Waals surface area contributed by atoms with Crippen LogP contribution in [0.25, 0.3) is 0 Å². The van der Waals surface area contributed by atoms with Gasteiger partial charge in [-0.05, 0) is 34.7 Å². The lowest BCUT2D eigenvalue weighted by molar-refractivity contribution is 1.95. The lowest BCUT2D eigenvalue weighted by Gasteiger charge is -1.73. The predicted octanol–water partition coefficient (Wildman–Crippen LogP) is 2.59. The fraction of sp³-hybridized carbons (Fsp3) is 0. The molecule has 0 atom stereocenters. The second kappa shape index (κ2) is 2.90. The normalized spacial score (nSPS) is 15.9. The van der Waals surface area contributed by atoms with E-state index >= 15 is 0 Å². The highest BCUT2D eigenvalue weighted by molar-refractivity contribution is 14.1. The average Bonchev–Trinajstić information content (AvgIpc) is 1.94. The Labute approximate surface area is 62.4 Å². The molecule has 0 unspecified atom stereocenters. The molecule has 1 rings (SSSR count). The van der Waals surface area contributed by atoms with Crippen molar-refractivity contribution in [2.24, 2.45) is 0 Å². The van der Waals surface area contributed by atoms with E-state index < -0.39 is 0 Å². The Hall–Kier alpha value is -0.270. The summed E-state index contributed by atoms with van der Waals surface area (Å²) in [5, 5.41) is 0. The van der Waals surface area contributed by atoms with Gasteiger partial charge in [-0.3, -0.25) is 0 Å². The lowest BCUT2D eigenvalue weighted by Crippen LogP contribution is -1.49. The van der Waals surface area contributed by atoms with Crippen LogP contribution in [0.4, 0.5) is 0 Å². The summed E-state index contributed by atoms with van der Waals surface area (Å²) in [6.07, 6.45) is 9.86. The van der Waals surface area contributed by atoms with E-state index in [0.717, 1.165) is 3.58 Å². The monoisotopic (exact) mass is 216 g/mol. The number of halogens is 1. The average molecular weight is 216 g/mol. The molecule has 0 N–H and O–H groups in total. The molecule has 0 saturated heterocycles. The van der Waals surface area contributed by atoms with Crippen molar-refractivity contribution in [3.8, 4) is 0 Å². The van der Waals surface area contributed by atoms with Crippen LogP contribution in [0.1, 0.15) is 0 Å². The predicted molar refractivity (Wildman–Crippen MR) is 43.9 cm³/mol. The highest BCUT2D eigenvalue weighted by atomic mass is 127. The lowest BCUT2D eigenvalue weighted by atomic mass is 10.5. The molecule has 0 bridgehead atoms. The number of hydrogen-bond acceptors (Lipinski definition) is 0. The van der Waals surface area contributed by atoms with Crippen LogP contribution in [0.2, 0.25) is 0 Å². The minimum atomic E-state index is 1.15. The van der Waals surface area contributed by atoms with E-state index in [1.807, 2.05) is 30.4 Å². The Balaban J connectivity index is 2.95. The Morgan fingerprint density at radius 3 is 3.00 bits per heavy atom. The first-order valence-corrected chi connectivity index (χ1v) is 3.43. The van der Waals surface area contributed by atoms with E-state index in [9.17, 15) is 0 Å². The quantitative estimate of drug-likeness (QED) is 0.431. The summed E-state index contributed by atoms with van der Waals surface area (Å²) in [5.74, 6) is 0. The van der Waals surface area contributed by atoms with E-state index in [0.29, 0.717) is 0 Å². The zero-order valence-electron chi connectivity index (χ0n) is 4.26. The summed E-state index contributed by atoms with van der Waals surface area (Å²) in [6, 6.07) is 0. The molecule has 0 amide bonds. The van der Waals surface area contributed by atoms with E-state index in [2.05, 4.69) is 28.3 Å². The molecule has 40 valence electrons. The topological polar surface area (TPSA) is 0 Å². The molecule has 0 heterocycles. The van der Waals surface area contributed by atoms with Crippen molar-refractivity contribution in [1.82, 2.24) is 0 Å². The van der Waals surface area contributed by atoms with Crippen LogP contribution in [0.5, 0.6) is 0 Å². The van der Waals surface area contributed by atoms with Gasteiger partial charge in [-0.15, -0.1) is 5.73 Å². The maximum atomic E-state index is 3.05. The van der Waals surface area contributed by atoms with Gasteiger partial charge in [0.2, 0.25) is 0 Å². The summed E-state index contributed by atoms with van der Waals surface area (Å²) >= 11 is 2.23. The smallest absolute Gasteiger partial charge is 0.0548 e. The number of rotatable bonds is 0. The molecule has 1 aliphatic carbocycles. The van der Waals surface area contributed by atoms with Gasteiger partial charge in [0.1, 0.15) is 0 Å². The van der Waals surface area contributed by atoms with Crippen LogP contribution in [0.3, 0.4) is 0 Å². The zero-order valence-corrected chi connectivity index (χ0v) is 6.42. The zero-order chi connectivity index (χ0) is 5.82. The molecule has 0 nitrogen and oxygen atoms in total. The molecule has 0 spiro atoms. The summed E-state index contributed by atoms with van der Waals surface area (Å²) in [4.78, 5) is 0. The molecule has 0 aromatic rings. The van der Waals surface area contributed by atoms with E-state index in [1.165, 1.54) is 0 Å². The molecule has 8 heavy (non-hydrogen) atoms. The van der Waals surface area contributed by atoms with Crippen molar-refractivity contribution in [3.63, 3.8) is 0 Å². The molecular weight excluding hydrogens is 211 g/mol. The number of allylic oxidation sites excluding steroid dienone is 5. The fourth-order valence-electron chi connectivity index (χ4n) is 0.436. The Morgan fingerprint density at radius 2 is 2.12 bits per heavy atom. The fourth-order valence-corrected chi connectivity index (χ4v) is 0.823. The van der Waals surface area contributed by atoms with Gasteiger partial charge in [-0.1, -0.05) is 18.2 Å². The Bertz CT molecular complexity index is 190. The van der Waals surface area contributed by atoms with Crippen molar-refractivity contribution in [2.75, 3.05) is 0 Å². The molecule has 0 aromatic heterocycles. The molecule has 1 aliphatic rings. The van der Waals surface area contributed by atoms with Crippen molar-refractivity contribution >= 4 is 22.6 Å². The molecular formula is C7H5I. The van der Waals surface area contributed by atoms with Crippen molar-refractivity contribution < 1.29 is 0 Å². The summed E-state index contributed by atoms with van der Waals surface area (Å²) in [7, 11) is 0. The molecule has 1 heteroatoms. The van der Waals surface area contributed by atoms with Gasteiger partial charge in [0.15, 0.2) is 0 Å². The maximum Gasteiger partial charge on any atom is 0.0548 e. The second-order valence-corrected chi connectivity index (χ2v) is 2.57. The highest BCUT2D eigenvalue weighted by Crippen LogP contribution is 2.06. The van der Waals surface area contributed by atoms with Crippen molar-refractivity contribution in [1.29, 1.82) is 0 Å². The van der Waals surface area contributed by atoms with Crippen LogP contribution in [-0.4, -0.2) is 0 Å². The first-order valence-electron chi connectivity index (χ1n) is 2.35. The van der Waals surface area contributed by atoms with Crippen molar-refractivity contribution in [2.45, 2.75) is 0 Å². The van der Waals surface area contributed by atoms with Gasteiger partial charge in [0.25, 0.3) is 0 Å². The van der Waals surface area contributed by atoms with Crippen LogP contribution in [0, 0.1) is 0 Å². The van der Waals surface area contributed by atoms with Gasteiger partial charge in [0.05, 0.1) is 3.58 Å². The van der Waals surface area contributed by atoms with Gasteiger partial charge >= 0.3 is 0 Å². The van der Waals surface area contributed by atoms with E-state index in [1.54, 1.807) is 0 Å². The molecule has 0 saturated carbocycles. The third-order valence-electron chi connectivity index (χ3n) is 0.782. The second-order valence-electron chi connectivity index (χ2n) is 1.40. The van der Waals surface area contributed by atoms with Gasteiger partial charge in [-0.25, -0.2) is 0 Å². The third kappa shape index (κ3) is 1.68. The van der Waals surface area contributed by atoms with Crippen molar-refractivity contribution in [3.05, 3.63) is 39.7 Å². The largest absolute Gasteiger partial charge is 0.106 e. The number of hydrogen-bond donors (Lipinski definition) is 0. The van der Waals surface area contributed by atoms with Gasteiger partial charge in [0, 0.05) is 0 Å².